The molecule has 214 valence electrons. The van der Waals surface area contributed by atoms with E-state index in [1.807, 2.05) is 18.2 Å². The number of nitrogens with zero attached hydrogens (tertiary/aromatic N) is 3. The van der Waals surface area contributed by atoms with Gasteiger partial charge in [-0.1, -0.05) is 54.6 Å². The fourth-order valence-corrected chi connectivity index (χ4v) is 6.18. The Morgan fingerprint density at radius 2 is 1.67 bits per heavy atom. The van der Waals surface area contributed by atoms with E-state index < -0.39 is 6.36 Å². The zero-order valence-corrected chi connectivity index (χ0v) is 23.3. The van der Waals surface area contributed by atoms with Crippen molar-refractivity contribution in [3.05, 3.63) is 107 Å². The number of fused-ring (bicyclic) bond motifs is 1. The highest BCUT2D eigenvalue weighted by atomic mass is 32.1. The van der Waals surface area contributed by atoms with Gasteiger partial charge in [-0.05, 0) is 61.8 Å². The molecule has 42 heavy (non-hydrogen) atoms. The van der Waals surface area contributed by atoms with Crippen molar-refractivity contribution in [2.45, 2.75) is 31.7 Å². The summed E-state index contributed by atoms with van der Waals surface area (Å²) in [7, 11) is 0. The summed E-state index contributed by atoms with van der Waals surface area (Å²) in [5, 5.41) is 6.80. The van der Waals surface area contributed by atoms with Gasteiger partial charge < -0.3 is 10.1 Å². The molecule has 1 aliphatic heterocycles. The molecule has 0 spiro atoms. The molecule has 0 atom stereocenters. The molecule has 0 bridgehead atoms. The molecule has 3 heterocycles. The zero-order chi connectivity index (χ0) is 29.1. The van der Waals surface area contributed by atoms with Gasteiger partial charge in [0.15, 0.2) is 0 Å². The molecule has 5 aromatic rings. The van der Waals surface area contributed by atoms with Gasteiger partial charge in [0.05, 0.1) is 16.2 Å². The highest BCUT2D eigenvalue weighted by molar-refractivity contribution is 7.10. The van der Waals surface area contributed by atoms with E-state index in [0.29, 0.717) is 28.4 Å². The number of carbonyl (C=O) groups is 1. The third kappa shape index (κ3) is 6.61. The van der Waals surface area contributed by atoms with E-state index in [2.05, 4.69) is 38.1 Å². The molecular formula is C32H27F3N4O2S. The molecule has 1 N–H and O–H groups in total. The lowest BCUT2D eigenvalue weighted by molar-refractivity contribution is -0.274. The number of para-hydroxylation sites is 2. The summed E-state index contributed by atoms with van der Waals surface area (Å²) >= 11 is 1.50. The molecule has 1 aliphatic rings. The fourth-order valence-electron chi connectivity index (χ4n) is 5.21. The van der Waals surface area contributed by atoms with Gasteiger partial charge in [-0.2, -0.15) is 0 Å². The Labute approximate surface area is 244 Å². The van der Waals surface area contributed by atoms with E-state index in [1.54, 1.807) is 29.6 Å². The number of anilines is 1. The molecule has 1 fully saturated rings. The molecular weight excluding hydrogens is 561 g/mol. The average Bonchev–Trinajstić information content (AvgIpc) is 3.48. The number of carbonyl (C=O) groups excluding carboxylic acids is 1. The minimum atomic E-state index is -4.76. The van der Waals surface area contributed by atoms with Crippen LogP contribution in [0.2, 0.25) is 0 Å². The molecule has 0 aliphatic carbocycles. The first-order valence-electron chi connectivity index (χ1n) is 13.6. The molecule has 1 amide bonds. The van der Waals surface area contributed by atoms with E-state index >= 15 is 0 Å². The zero-order valence-electron chi connectivity index (χ0n) is 22.5. The Hall–Kier alpha value is -4.28. The van der Waals surface area contributed by atoms with Gasteiger partial charge in [0, 0.05) is 34.5 Å². The van der Waals surface area contributed by atoms with E-state index in [9.17, 15) is 18.0 Å². The van der Waals surface area contributed by atoms with Crippen LogP contribution >= 0.6 is 11.3 Å². The van der Waals surface area contributed by atoms with Crippen molar-refractivity contribution in [1.29, 1.82) is 0 Å². The largest absolute Gasteiger partial charge is 0.573 e. The number of hydrogen-bond donors (Lipinski definition) is 1. The molecule has 0 unspecified atom stereocenters. The summed E-state index contributed by atoms with van der Waals surface area (Å²) < 4.78 is 41.5. The van der Waals surface area contributed by atoms with Gasteiger partial charge in [0.25, 0.3) is 5.91 Å². The molecule has 2 aromatic heterocycles. The van der Waals surface area contributed by atoms with Crippen LogP contribution < -0.4 is 10.1 Å². The summed E-state index contributed by atoms with van der Waals surface area (Å²) in [4.78, 5) is 25.0. The van der Waals surface area contributed by atoms with Gasteiger partial charge in [-0.25, -0.2) is 4.98 Å². The molecule has 6 rings (SSSR count). The number of halogens is 3. The SMILES string of the molecule is O=C(Nc1ccccc1-c1ccc(OC(F)(F)F)cc1)c1csc(C2CCN(Cc3ccc4ccccc4n3)CC2)n1. The number of aromatic nitrogens is 2. The number of ether oxygens (including phenoxy) is 1. The highest BCUT2D eigenvalue weighted by Crippen LogP contribution is 2.33. The monoisotopic (exact) mass is 588 g/mol. The van der Waals surface area contributed by atoms with E-state index in [0.717, 1.165) is 54.1 Å². The number of thiazole rings is 1. The minimum Gasteiger partial charge on any atom is -0.406 e. The standard InChI is InChI=1S/C32H27F3N4O2S/c33-32(34,35)41-25-13-10-21(11-14-25)26-6-2-4-8-28(26)37-30(40)29-20-42-31(38-29)23-15-17-39(18-16-23)19-24-12-9-22-5-1-3-7-27(22)36-24/h1-14,20,23H,15-19H2,(H,37,40). The van der Waals surface area contributed by atoms with E-state index in [1.165, 1.54) is 35.6 Å². The highest BCUT2D eigenvalue weighted by Gasteiger charge is 2.31. The topological polar surface area (TPSA) is 67.3 Å². The Morgan fingerprint density at radius 1 is 0.929 bits per heavy atom. The van der Waals surface area contributed by atoms with Crippen molar-refractivity contribution in [3.63, 3.8) is 0 Å². The van der Waals surface area contributed by atoms with Crippen LogP contribution in [0.5, 0.6) is 5.75 Å². The number of piperidine rings is 1. The summed E-state index contributed by atoms with van der Waals surface area (Å²) in [5.74, 6) is -0.345. The van der Waals surface area contributed by atoms with Crippen molar-refractivity contribution in [2.24, 2.45) is 0 Å². The third-order valence-electron chi connectivity index (χ3n) is 7.31. The van der Waals surface area contributed by atoms with Gasteiger partial charge in [0.1, 0.15) is 11.4 Å². The number of benzene rings is 3. The Bertz CT molecular complexity index is 1700. The summed E-state index contributed by atoms with van der Waals surface area (Å²) in [6, 6.07) is 25.0. The quantitative estimate of drug-likeness (QED) is 0.209. The predicted octanol–water partition coefficient (Wildman–Crippen LogP) is 7.89. The first kappa shape index (κ1) is 27.9. The van der Waals surface area contributed by atoms with Crippen LogP contribution in [0.1, 0.15) is 39.9 Å². The molecule has 0 saturated carbocycles. The van der Waals surface area contributed by atoms with Crippen LogP contribution in [0.15, 0.2) is 90.3 Å². The maximum atomic E-state index is 13.1. The molecule has 6 nitrogen and oxygen atoms in total. The van der Waals surface area contributed by atoms with Gasteiger partial charge in [-0.15, -0.1) is 24.5 Å². The predicted molar refractivity (Wildman–Crippen MR) is 158 cm³/mol. The first-order valence-corrected chi connectivity index (χ1v) is 14.5. The molecule has 1 saturated heterocycles. The Balaban J connectivity index is 1.07. The fraction of sp³-hybridized carbons (Fsp3) is 0.219. The van der Waals surface area contributed by atoms with Crippen LogP contribution in [0.3, 0.4) is 0 Å². The number of likely N-dealkylation sites (tertiary alicyclic amines) is 1. The summed E-state index contributed by atoms with van der Waals surface area (Å²) in [6.07, 6.45) is -2.84. The number of alkyl halides is 3. The van der Waals surface area contributed by atoms with Gasteiger partial charge in [0.2, 0.25) is 0 Å². The lowest BCUT2D eigenvalue weighted by Crippen LogP contribution is -2.32. The Morgan fingerprint density at radius 3 is 2.45 bits per heavy atom. The van der Waals surface area contributed by atoms with Crippen molar-refractivity contribution in [1.82, 2.24) is 14.9 Å². The number of nitrogens with one attached hydrogen (secondary N) is 1. The first-order chi connectivity index (χ1) is 20.3. The number of amides is 1. The normalized spacial score (nSPS) is 14.6. The van der Waals surface area contributed by atoms with Crippen LogP contribution in [0, 0.1) is 0 Å². The average molecular weight is 589 g/mol. The lowest BCUT2D eigenvalue weighted by atomic mass is 9.97. The second-order valence-electron chi connectivity index (χ2n) is 10.2. The number of rotatable bonds is 7. The maximum Gasteiger partial charge on any atom is 0.573 e. The second-order valence-corrected chi connectivity index (χ2v) is 11.1. The van der Waals surface area contributed by atoms with Crippen LogP contribution in [0.25, 0.3) is 22.0 Å². The molecule has 3 aromatic carbocycles. The third-order valence-corrected chi connectivity index (χ3v) is 8.31. The minimum absolute atomic E-state index is 0.294. The van der Waals surface area contributed by atoms with Crippen molar-refractivity contribution in [2.75, 3.05) is 18.4 Å². The van der Waals surface area contributed by atoms with E-state index in [-0.39, 0.29) is 11.7 Å². The smallest absolute Gasteiger partial charge is 0.406 e. The molecule has 10 heteroatoms. The second kappa shape index (κ2) is 11.9. The number of pyridine rings is 1. The van der Waals surface area contributed by atoms with Gasteiger partial charge in [-0.3, -0.25) is 14.7 Å². The number of hydrogen-bond acceptors (Lipinski definition) is 6. The lowest BCUT2D eigenvalue weighted by Gasteiger charge is -2.30. The Kier molecular flexibility index (Phi) is 7.90. The van der Waals surface area contributed by atoms with Crippen molar-refractivity contribution in [3.8, 4) is 16.9 Å². The summed E-state index contributed by atoms with van der Waals surface area (Å²) in [6.45, 7) is 2.67. The van der Waals surface area contributed by atoms with Crippen LogP contribution in [-0.4, -0.2) is 40.2 Å². The van der Waals surface area contributed by atoms with E-state index in [4.69, 9.17) is 4.98 Å². The van der Waals surface area contributed by atoms with Crippen molar-refractivity contribution >= 4 is 33.8 Å². The van der Waals surface area contributed by atoms with Gasteiger partial charge >= 0.3 is 6.36 Å². The summed E-state index contributed by atoms with van der Waals surface area (Å²) in [5.41, 5.74) is 4.28. The van der Waals surface area contributed by atoms with Crippen LogP contribution in [-0.2, 0) is 6.54 Å². The van der Waals surface area contributed by atoms with Crippen molar-refractivity contribution < 1.29 is 22.7 Å². The van der Waals surface area contributed by atoms with Crippen LogP contribution in [0.4, 0.5) is 18.9 Å². The molecule has 0 radical (unpaired) electrons. The maximum absolute atomic E-state index is 13.1.